The summed E-state index contributed by atoms with van der Waals surface area (Å²) in [5.41, 5.74) is 7.55. The predicted octanol–water partition coefficient (Wildman–Crippen LogP) is 0.770. The van der Waals surface area contributed by atoms with Gasteiger partial charge in [0.15, 0.2) is 0 Å². The van der Waals surface area contributed by atoms with Crippen LogP contribution in [-0.4, -0.2) is 11.7 Å². The first-order valence-electron chi connectivity index (χ1n) is 3.34. The third kappa shape index (κ3) is 2.35. The van der Waals surface area contributed by atoms with Crippen LogP contribution in [0.1, 0.15) is 16.6 Å². The molecule has 1 rings (SSSR count). The quantitative estimate of drug-likeness (QED) is 0.404. The van der Waals surface area contributed by atoms with Gasteiger partial charge in [-0.25, -0.2) is 5.43 Å². The Morgan fingerprint density at radius 3 is 3.00 bits per heavy atom. The van der Waals surface area contributed by atoms with E-state index in [2.05, 4.69) is 10.5 Å². The number of nitrogens with one attached hydrogen (secondary N) is 1. The highest BCUT2D eigenvalue weighted by Gasteiger charge is 2.03. The zero-order valence-corrected chi connectivity index (χ0v) is 7.39. The highest BCUT2D eigenvalue weighted by Crippen LogP contribution is 2.07. The molecular weight excluding hydrogens is 174 g/mol. The molecule has 1 heterocycles. The molecule has 0 aliphatic rings. The Hall–Kier alpha value is -1.36. The maximum Gasteiger partial charge on any atom is 0.281 e. The fourth-order valence-electron chi connectivity index (χ4n) is 0.602. The molecule has 0 aliphatic heterocycles. The van der Waals surface area contributed by atoms with E-state index in [4.69, 9.17) is 5.73 Å². The summed E-state index contributed by atoms with van der Waals surface area (Å²) in [6, 6.07) is 3.53. The number of amidine groups is 1. The number of nitrogens with two attached hydrogens (primary N) is 1. The minimum absolute atomic E-state index is 0.227. The van der Waals surface area contributed by atoms with Gasteiger partial charge in [0.05, 0.1) is 4.88 Å². The number of nitrogens with zero attached hydrogens (tertiary/aromatic N) is 1. The summed E-state index contributed by atoms with van der Waals surface area (Å²) in [5.74, 6) is 0.106. The number of hydrazone groups is 1. The van der Waals surface area contributed by atoms with Gasteiger partial charge in [0.1, 0.15) is 5.84 Å². The average Bonchev–Trinajstić information content (AvgIpc) is 2.51. The standard InChI is InChI=1S/C7H9N3OS/c1-5(8)9-10-7(11)6-3-2-4-12-6/h2-4H,1H3,(H2,8,9)(H,10,11). The minimum Gasteiger partial charge on any atom is -0.386 e. The number of rotatable bonds is 2. The fraction of sp³-hybridized carbons (Fsp3) is 0.143. The first-order chi connectivity index (χ1) is 5.70. The molecule has 0 saturated carbocycles. The first kappa shape index (κ1) is 8.73. The van der Waals surface area contributed by atoms with E-state index in [1.165, 1.54) is 11.3 Å². The zero-order chi connectivity index (χ0) is 8.97. The van der Waals surface area contributed by atoms with Crippen molar-refractivity contribution in [2.24, 2.45) is 10.8 Å². The number of hydrogen-bond acceptors (Lipinski definition) is 3. The Balaban J connectivity index is 2.57. The van der Waals surface area contributed by atoms with Crippen molar-refractivity contribution >= 4 is 23.1 Å². The van der Waals surface area contributed by atoms with Gasteiger partial charge in [-0.05, 0) is 18.4 Å². The van der Waals surface area contributed by atoms with Gasteiger partial charge in [0.25, 0.3) is 5.91 Å². The second-order valence-corrected chi connectivity index (χ2v) is 3.12. The van der Waals surface area contributed by atoms with Crippen LogP contribution >= 0.6 is 11.3 Å². The van der Waals surface area contributed by atoms with Gasteiger partial charge in [-0.15, -0.1) is 11.3 Å². The Kier molecular flexibility index (Phi) is 2.82. The lowest BCUT2D eigenvalue weighted by Crippen LogP contribution is -2.20. The van der Waals surface area contributed by atoms with Gasteiger partial charge in [0, 0.05) is 0 Å². The van der Waals surface area contributed by atoms with Crippen LogP contribution in [0.15, 0.2) is 22.6 Å². The molecule has 1 aromatic heterocycles. The van der Waals surface area contributed by atoms with Gasteiger partial charge in [-0.1, -0.05) is 6.07 Å². The topological polar surface area (TPSA) is 67.5 Å². The molecule has 0 spiro atoms. The highest BCUT2D eigenvalue weighted by atomic mass is 32.1. The van der Waals surface area contributed by atoms with E-state index >= 15 is 0 Å². The van der Waals surface area contributed by atoms with Crippen LogP contribution < -0.4 is 11.2 Å². The number of hydrogen-bond donors (Lipinski definition) is 2. The van der Waals surface area contributed by atoms with Gasteiger partial charge >= 0.3 is 0 Å². The lowest BCUT2D eigenvalue weighted by molar-refractivity contribution is 0.0959. The number of amides is 1. The Morgan fingerprint density at radius 2 is 2.50 bits per heavy atom. The van der Waals surface area contributed by atoms with E-state index in [0.717, 1.165) is 0 Å². The molecule has 12 heavy (non-hydrogen) atoms. The number of thiophene rings is 1. The molecule has 1 aromatic rings. The summed E-state index contributed by atoms with van der Waals surface area (Å²) >= 11 is 1.36. The van der Waals surface area contributed by atoms with E-state index in [1.54, 1.807) is 19.1 Å². The van der Waals surface area contributed by atoms with Crippen molar-refractivity contribution in [1.82, 2.24) is 5.43 Å². The van der Waals surface area contributed by atoms with Crippen molar-refractivity contribution in [2.45, 2.75) is 6.92 Å². The maximum absolute atomic E-state index is 11.1. The molecule has 1 amide bonds. The molecule has 4 nitrogen and oxygen atoms in total. The predicted molar refractivity (Wildman–Crippen MR) is 49.1 cm³/mol. The second-order valence-electron chi connectivity index (χ2n) is 2.17. The molecular formula is C7H9N3OS. The lowest BCUT2D eigenvalue weighted by atomic mass is 10.5. The van der Waals surface area contributed by atoms with Crippen LogP contribution in [0.4, 0.5) is 0 Å². The van der Waals surface area contributed by atoms with Crippen molar-refractivity contribution in [2.75, 3.05) is 0 Å². The fourth-order valence-corrected chi connectivity index (χ4v) is 1.22. The van der Waals surface area contributed by atoms with E-state index in [9.17, 15) is 4.79 Å². The zero-order valence-electron chi connectivity index (χ0n) is 6.57. The summed E-state index contributed by atoms with van der Waals surface area (Å²) in [5, 5.41) is 5.41. The molecule has 5 heteroatoms. The Labute approximate surface area is 74.1 Å². The van der Waals surface area contributed by atoms with Gasteiger partial charge < -0.3 is 5.73 Å². The van der Waals surface area contributed by atoms with Crippen LogP contribution in [0.2, 0.25) is 0 Å². The lowest BCUT2D eigenvalue weighted by Gasteiger charge is -1.95. The van der Waals surface area contributed by atoms with E-state index in [1.807, 2.05) is 5.38 Å². The molecule has 0 bridgehead atoms. The molecule has 0 fully saturated rings. The SMILES string of the molecule is CC(N)=NNC(=O)c1cccs1. The first-order valence-corrected chi connectivity index (χ1v) is 4.21. The van der Waals surface area contributed by atoms with Crippen LogP contribution in [0.5, 0.6) is 0 Å². The average molecular weight is 183 g/mol. The molecule has 0 atom stereocenters. The van der Waals surface area contributed by atoms with Crippen molar-refractivity contribution in [1.29, 1.82) is 0 Å². The molecule has 0 aromatic carbocycles. The summed E-state index contributed by atoms with van der Waals surface area (Å²) in [6.07, 6.45) is 0. The van der Waals surface area contributed by atoms with Gasteiger partial charge in [-0.2, -0.15) is 5.10 Å². The van der Waals surface area contributed by atoms with Gasteiger partial charge in [-0.3, -0.25) is 4.79 Å². The van der Waals surface area contributed by atoms with Gasteiger partial charge in [0.2, 0.25) is 0 Å². The number of carbonyl (C=O) groups excluding carboxylic acids is 1. The second kappa shape index (κ2) is 3.87. The monoisotopic (exact) mass is 183 g/mol. The normalized spacial score (nSPS) is 11.2. The summed E-state index contributed by atoms with van der Waals surface area (Å²) in [7, 11) is 0. The molecule has 0 saturated heterocycles. The molecule has 0 aliphatic carbocycles. The van der Waals surface area contributed by atoms with Crippen molar-refractivity contribution < 1.29 is 4.79 Å². The summed E-state index contributed by atoms with van der Waals surface area (Å²) < 4.78 is 0. The summed E-state index contributed by atoms with van der Waals surface area (Å²) in [4.78, 5) is 11.8. The van der Waals surface area contributed by atoms with E-state index < -0.39 is 0 Å². The Bertz CT molecular complexity index is 288. The molecule has 64 valence electrons. The van der Waals surface area contributed by atoms with E-state index in [-0.39, 0.29) is 5.91 Å². The van der Waals surface area contributed by atoms with E-state index in [0.29, 0.717) is 10.7 Å². The third-order valence-corrected chi connectivity index (χ3v) is 1.95. The van der Waals surface area contributed by atoms with Crippen molar-refractivity contribution in [3.05, 3.63) is 22.4 Å². The highest BCUT2D eigenvalue weighted by molar-refractivity contribution is 7.12. The molecule has 3 N–H and O–H groups in total. The Morgan fingerprint density at radius 1 is 1.75 bits per heavy atom. The third-order valence-electron chi connectivity index (χ3n) is 1.08. The van der Waals surface area contributed by atoms with Crippen LogP contribution in [0, 0.1) is 0 Å². The van der Waals surface area contributed by atoms with Crippen LogP contribution in [0.3, 0.4) is 0 Å². The van der Waals surface area contributed by atoms with Crippen molar-refractivity contribution in [3.8, 4) is 0 Å². The largest absolute Gasteiger partial charge is 0.386 e. The molecule has 0 radical (unpaired) electrons. The molecule has 0 unspecified atom stereocenters. The van der Waals surface area contributed by atoms with Crippen molar-refractivity contribution in [3.63, 3.8) is 0 Å². The maximum atomic E-state index is 11.1. The van der Waals surface area contributed by atoms with Crippen LogP contribution in [-0.2, 0) is 0 Å². The number of carbonyl (C=O) groups is 1. The smallest absolute Gasteiger partial charge is 0.281 e. The minimum atomic E-state index is -0.227. The van der Waals surface area contributed by atoms with Crippen LogP contribution in [0.25, 0.3) is 0 Å². The summed E-state index contributed by atoms with van der Waals surface area (Å²) in [6.45, 7) is 1.61.